The molecule has 21 heavy (non-hydrogen) atoms. The number of primary amides is 1. The van der Waals surface area contributed by atoms with Gasteiger partial charge in [-0.2, -0.15) is 0 Å². The molecule has 1 amide bonds. The lowest BCUT2D eigenvalue weighted by Gasteiger charge is -2.10. The highest BCUT2D eigenvalue weighted by atomic mass is 35.5. The second kappa shape index (κ2) is 6.69. The SMILES string of the molecule is NC(=O)CSc1ccccc1NS(=O)(=O)c1ccc(Cl)s1. The van der Waals surface area contributed by atoms with E-state index in [2.05, 4.69) is 4.72 Å². The van der Waals surface area contributed by atoms with Crippen molar-refractivity contribution in [3.63, 3.8) is 0 Å². The van der Waals surface area contributed by atoms with Crippen molar-refractivity contribution in [2.45, 2.75) is 9.10 Å². The molecule has 2 aromatic rings. The van der Waals surface area contributed by atoms with Crippen LogP contribution in [0, 0.1) is 0 Å². The molecule has 0 unspecified atom stereocenters. The van der Waals surface area contributed by atoms with Crippen molar-refractivity contribution in [1.82, 2.24) is 0 Å². The summed E-state index contributed by atoms with van der Waals surface area (Å²) in [7, 11) is -3.70. The fourth-order valence-corrected chi connectivity index (χ4v) is 4.84. The second-order valence-corrected chi connectivity index (χ2v) is 8.56. The molecular weight excluding hydrogens is 352 g/mol. The average Bonchev–Trinajstić information content (AvgIpc) is 2.85. The third kappa shape index (κ3) is 4.37. The van der Waals surface area contributed by atoms with Gasteiger partial charge in [-0.25, -0.2) is 8.42 Å². The Morgan fingerprint density at radius 2 is 2.00 bits per heavy atom. The quantitative estimate of drug-likeness (QED) is 0.773. The largest absolute Gasteiger partial charge is 0.369 e. The van der Waals surface area contributed by atoms with Crippen LogP contribution in [0.3, 0.4) is 0 Å². The molecule has 5 nitrogen and oxygen atoms in total. The molecule has 2 rings (SSSR count). The molecule has 9 heteroatoms. The molecule has 1 aromatic heterocycles. The highest BCUT2D eigenvalue weighted by molar-refractivity contribution is 8.00. The zero-order valence-corrected chi connectivity index (χ0v) is 13.8. The molecule has 0 aliphatic carbocycles. The third-order valence-corrected chi connectivity index (χ3v) is 6.50. The van der Waals surface area contributed by atoms with Crippen LogP contribution in [0.4, 0.5) is 5.69 Å². The molecule has 0 aliphatic rings. The Bertz CT molecular complexity index is 759. The molecule has 0 fully saturated rings. The van der Waals surface area contributed by atoms with Crippen molar-refractivity contribution in [2.75, 3.05) is 10.5 Å². The van der Waals surface area contributed by atoms with Gasteiger partial charge in [0, 0.05) is 4.90 Å². The maximum Gasteiger partial charge on any atom is 0.271 e. The van der Waals surface area contributed by atoms with Gasteiger partial charge >= 0.3 is 0 Å². The van der Waals surface area contributed by atoms with Crippen LogP contribution in [0.15, 0.2) is 45.5 Å². The Kier molecular flexibility index (Phi) is 5.15. The predicted octanol–water partition coefficient (Wildman–Crippen LogP) is 2.78. The maximum atomic E-state index is 12.2. The summed E-state index contributed by atoms with van der Waals surface area (Å²) in [5.41, 5.74) is 5.50. The molecule has 1 heterocycles. The van der Waals surface area contributed by atoms with E-state index in [1.807, 2.05) is 0 Å². The Labute approximate surface area is 135 Å². The van der Waals surface area contributed by atoms with Gasteiger partial charge in [0.15, 0.2) is 0 Å². The lowest BCUT2D eigenvalue weighted by molar-refractivity contribution is -0.115. The summed E-state index contributed by atoms with van der Waals surface area (Å²) >= 11 is 7.90. The number of anilines is 1. The second-order valence-electron chi connectivity index (χ2n) is 3.92. The van der Waals surface area contributed by atoms with E-state index in [1.54, 1.807) is 24.3 Å². The van der Waals surface area contributed by atoms with Gasteiger partial charge in [-0.15, -0.1) is 23.1 Å². The Balaban J connectivity index is 2.25. The molecule has 1 aromatic carbocycles. The van der Waals surface area contributed by atoms with Crippen molar-refractivity contribution in [2.24, 2.45) is 5.73 Å². The van der Waals surface area contributed by atoms with Gasteiger partial charge in [-0.3, -0.25) is 9.52 Å². The maximum absolute atomic E-state index is 12.2. The van der Waals surface area contributed by atoms with E-state index in [0.717, 1.165) is 11.3 Å². The van der Waals surface area contributed by atoms with E-state index in [-0.39, 0.29) is 9.96 Å². The lowest BCUT2D eigenvalue weighted by atomic mass is 10.3. The topological polar surface area (TPSA) is 89.3 Å². The van der Waals surface area contributed by atoms with Gasteiger partial charge in [0.1, 0.15) is 4.21 Å². The van der Waals surface area contributed by atoms with Crippen LogP contribution < -0.4 is 10.5 Å². The number of amides is 1. The fourth-order valence-electron chi connectivity index (χ4n) is 1.46. The molecule has 112 valence electrons. The van der Waals surface area contributed by atoms with Crippen molar-refractivity contribution in [1.29, 1.82) is 0 Å². The van der Waals surface area contributed by atoms with E-state index in [9.17, 15) is 13.2 Å². The van der Waals surface area contributed by atoms with Crippen molar-refractivity contribution in [3.05, 3.63) is 40.7 Å². The number of thiophene rings is 1. The van der Waals surface area contributed by atoms with Crippen LogP contribution in [0.2, 0.25) is 4.34 Å². The zero-order chi connectivity index (χ0) is 15.5. The van der Waals surface area contributed by atoms with Gasteiger partial charge in [-0.1, -0.05) is 23.7 Å². The number of hydrogen-bond donors (Lipinski definition) is 2. The summed E-state index contributed by atoms with van der Waals surface area (Å²) in [6.45, 7) is 0. The molecule has 3 N–H and O–H groups in total. The zero-order valence-electron chi connectivity index (χ0n) is 10.6. The van der Waals surface area contributed by atoms with E-state index in [4.69, 9.17) is 17.3 Å². The normalized spacial score (nSPS) is 11.3. The van der Waals surface area contributed by atoms with Gasteiger partial charge in [0.25, 0.3) is 10.0 Å². The first-order valence-electron chi connectivity index (χ1n) is 5.67. The number of halogens is 1. The molecule has 0 aliphatic heterocycles. The van der Waals surface area contributed by atoms with E-state index in [1.165, 1.54) is 23.9 Å². The van der Waals surface area contributed by atoms with Crippen LogP contribution in [-0.4, -0.2) is 20.1 Å². The van der Waals surface area contributed by atoms with E-state index in [0.29, 0.717) is 14.9 Å². The molecule has 0 saturated carbocycles. The Hall–Kier alpha value is -1.22. The number of nitrogens with one attached hydrogen (secondary N) is 1. The minimum absolute atomic E-state index is 0.0730. The van der Waals surface area contributed by atoms with Crippen LogP contribution in [0.1, 0.15) is 0 Å². The number of rotatable bonds is 6. The summed E-state index contributed by atoms with van der Waals surface area (Å²) in [6.07, 6.45) is 0. The Morgan fingerprint density at radius 3 is 2.62 bits per heavy atom. The monoisotopic (exact) mass is 362 g/mol. The first kappa shape index (κ1) is 16.2. The lowest BCUT2D eigenvalue weighted by Crippen LogP contribution is -2.14. The summed E-state index contributed by atoms with van der Waals surface area (Å²) < 4.78 is 27.5. The minimum atomic E-state index is -3.70. The highest BCUT2D eigenvalue weighted by Gasteiger charge is 2.18. The van der Waals surface area contributed by atoms with Gasteiger partial charge in [-0.05, 0) is 24.3 Å². The van der Waals surface area contributed by atoms with Gasteiger partial charge < -0.3 is 5.73 Å². The fraction of sp³-hybridized carbons (Fsp3) is 0.0833. The molecular formula is C12H11ClN2O3S3. The molecule has 0 atom stereocenters. The van der Waals surface area contributed by atoms with Crippen molar-refractivity contribution < 1.29 is 13.2 Å². The van der Waals surface area contributed by atoms with Crippen molar-refractivity contribution in [3.8, 4) is 0 Å². The van der Waals surface area contributed by atoms with Crippen LogP contribution in [0.25, 0.3) is 0 Å². The van der Waals surface area contributed by atoms with Crippen LogP contribution in [-0.2, 0) is 14.8 Å². The molecule has 0 saturated heterocycles. The van der Waals surface area contributed by atoms with Gasteiger partial charge in [0.05, 0.1) is 15.8 Å². The highest BCUT2D eigenvalue weighted by Crippen LogP contribution is 2.31. The smallest absolute Gasteiger partial charge is 0.271 e. The number of carbonyl (C=O) groups is 1. The molecule has 0 bridgehead atoms. The third-order valence-electron chi connectivity index (χ3n) is 2.31. The number of sulfonamides is 1. The number of carbonyl (C=O) groups excluding carboxylic acids is 1. The standard InChI is InChI=1S/C12H11ClN2O3S3/c13-10-5-6-12(20-10)21(17,18)15-8-3-1-2-4-9(8)19-7-11(14)16/h1-6,15H,7H2,(H2,14,16). The summed E-state index contributed by atoms with van der Waals surface area (Å²) in [4.78, 5) is 11.5. The predicted molar refractivity (Wildman–Crippen MR) is 86.5 cm³/mol. The number of nitrogens with two attached hydrogens (primary N) is 1. The number of hydrogen-bond acceptors (Lipinski definition) is 5. The van der Waals surface area contributed by atoms with Crippen LogP contribution >= 0.6 is 34.7 Å². The average molecular weight is 363 g/mol. The van der Waals surface area contributed by atoms with Crippen molar-refractivity contribution >= 4 is 56.3 Å². The van der Waals surface area contributed by atoms with E-state index < -0.39 is 15.9 Å². The Morgan fingerprint density at radius 1 is 1.29 bits per heavy atom. The summed E-state index contributed by atoms with van der Waals surface area (Å²) in [6, 6.07) is 9.75. The first-order chi connectivity index (χ1) is 9.88. The number of benzene rings is 1. The minimum Gasteiger partial charge on any atom is -0.369 e. The van der Waals surface area contributed by atoms with E-state index >= 15 is 0 Å². The summed E-state index contributed by atoms with van der Waals surface area (Å²) in [5, 5.41) is 0. The molecule has 0 spiro atoms. The number of para-hydroxylation sites is 1. The first-order valence-corrected chi connectivity index (χ1v) is 9.33. The van der Waals surface area contributed by atoms with Gasteiger partial charge in [0.2, 0.25) is 5.91 Å². The number of thioether (sulfide) groups is 1. The molecule has 0 radical (unpaired) electrons. The van der Waals surface area contributed by atoms with Crippen LogP contribution in [0.5, 0.6) is 0 Å². The summed E-state index contributed by atoms with van der Waals surface area (Å²) in [5.74, 6) is -0.397.